The van der Waals surface area contributed by atoms with Crippen LogP contribution in [0.3, 0.4) is 0 Å². The third-order valence-electron chi connectivity index (χ3n) is 4.27. The number of piperidine rings is 1. The molecular formula is C17H24N4O2. The number of aromatic nitrogens is 3. The average molecular weight is 316 g/mol. The molecule has 2 aromatic heterocycles. The molecule has 2 aliphatic heterocycles. The van der Waals surface area contributed by atoms with E-state index in [1.54, 1.807) is 0 Å². The van der Waals surface area contributed by atoms with Gasteiger partial charge in [-0.1, -0.05) is 13.8 Å². The second-order valence-corrected chi connectivity index (χ2v) is 5.84. The minimum Gasteiger partial charge on any atom is -0.475 e. The van der Waals surface area contributed by atoms with Crippen molar-refractivity contribution in [1.29, 1.82) is 0 Å². The zero-order valence-corrected chi connectivity index (χ0v) is 14.2. The predicted molar refractivity (Wildman–Crippen MR) is 90.0 cm³/mol. The fourth-order valence-corrected chi connectivity index (χ4v) is 3.31. The number of ether oxygens (including phenoxy) is 1. The highest BCUT2D eigenvalue weighted by molar-refractivity contribution is 5.94. The van der Waals surface area contributed by atoms with Crippen molar-refractivity contribution in [2.24, 2.45) is 0 Å². The Balaban J connectivity index is 0.000000753. The molecule has 0 radical (unpaired) electrons. The highest BCUT2D eigenvalue weighted by Crippen LogP contribution is 2.37. The van der Waals surface area contributed by atoms with Gasteiger partial charge in [0, 0.05) is 12.2 Å². The minimum atomic E-state index is -0.389. The van der Waals surface area contributed by atoms with E-state index in [-0.39, 0.29) is 12.1 Å². The van der Waals surface area contributed by atoms with E-state index in [9.17, 15) is 5.11 Å². The summed E-state index contributed by atoms with van der Waals surface area (Å²) in [5.41, 5.74) is 1.74. The fraction of sp³-hybridized carbons (Fsp3) is 0.588. The van der Waals surface area contributed by atoms with E-state index in [0.29, 0.717) is 12.5 Å². The zero-order valence-electron chi connectivity index (χ0n) is 14.2. The maximum absolute atomic E-state index is 10.3. The fourth-order valence-electron chi connectivity index (χ4n) is 3.31. The van der Waals surface area contributed by atoms with Gasteiger partial charge in [-0.2, -0.15) is 0 Å². The van der Waals surface area contributed by atoms with Crippen molar-refractivity contribution < 1.29 is 9.84 Å². The maximum Gasteiger partial charge on any atom is 0.227 e. The lowest BCUT2D eigenvalue weighted by Gasteiger charge is -2.38. The quantitative estimate of drug-likeness (QED) is 0.804. The van der Waals surface area contributed by atoms with Gasteiger partial charge in [-0.3, -0.25) is 0 Å². The number of aliphatic hydroxyl groups is 1. The monoisotopic (exact) mass is 316 g/mol. The third kappa shape index (κ3) is 2.72. The zero-order chi connectivity index (χ0) is 16.6. The van der Waals surface area contributed by atoms with E-state index in [0.717, 1.165) is 47.6 Å². The summed E-state index contributed by atoms with van der Waals surface area (Å²) in [5.74, 6) is 2.16. The van der Waals surface area contributed by atoms with E-state index in [2.05, 4.69) is 19.9 Å². The van der Waals surface area contributed by atoms with Crippen molar-refractivity contribution in [3.63, 3.8) is 0 Å². The van der Waals surface area contributed by atoms with Gasteiger partial charge in [0.05, 0.1) is 17.7 Å². The van der Waals surface area contributed by atoms with Crippen molar-refractivity contribution in [2.45, 2.75) is 52.7 Å². The summed E-state index contributed by atoms with van der Waals surface area (Å²) < 4.78 is 5.89. The molecule has 2 unspecified atom stereocenters. The Hall–Kier alpha value is -1.95. The largest absolute Gasteiger partial charge is 0.475 e. The molecule has 0 saturated carbocycles. The van der Waals surface area contributed by atoms with Crippen LogP contribution in [0, 0.1) is 13.8 Å². The molecule has 4 rings (SSSR count). The SMILES string of the molecule is CC.Cc1cc2nc(C)nc3c2c(n1)OCC1C(O)CCCN31. The van der Waals surface area contributed by atoms with Crippen LogP contribution in [0.15, 0.2) is 6.07 Å². The molecule has 0 spiro atoms. The van der Waals surface area contributed by atoms with Gasteiger partial charge in [0.2, 0.25) is 5.88 Å². The standard InChI is InChI=1S/C15H18N4O2.C2H6/c1-8-6-10-13-14(18-9(2)17-10)19-5-3-4-12(20)11(19)7-21-15(13)16-8;1-2/h6,11-12,20H,3-5,7H2,1-2H3;1-2H3. The van der Waals surface area contributed by atoms with Gasteiger partial charge >= 0.3 is 0 Å². The van der Waals surface area contributed by atoms with Gasteiger partial charge in [0.25, 0.3) is 0 Å². The smallest absolute Gasteiger partial charge is 0.227 e. The molecule has 4 heterocycles. The lowest BCUT2D eigenvalue weighted by atomic mass is 9.99. The van der Waals surface area contributed by atoms with E-state index in [1.165, 1.54) is 0 Å². The molecule has 0 amide bonds. The molecule has 124 valence electrons. The summed E-state index contributed by atoms with van der Waals surface area (Å²) in [6.45, 7) is 9.14. The Kier molecular flexibility index (Phi) is 4.35. The minimum absolute atomic E-state index is 0.0641. The van der Waals surface area contributed by atoms with Gasteiger partial charge in [-0.05, 0) is 32.8 Å². The van der Waals surface area contributed by atoms with Crippen LogP contribution in [0.4, 0.5) is 5.82 Å². The van der Waals surface area contributed by atoms with Crippen molar-refractivity contribution in [3.05, 3.63) is 17.6 Å². The first-order chi connectivity index (χ1) is 11.1. The number of hydrogen-bond donors (Lipinski definition) is 1. The molecule has 23 heavy (non-hydrogen) atoms. The first-order valence-corrected chi connectivity index (χ1v) is 8.37. The molecule has 2 aromatic rings. The molecule has 6 heteroatoms. The third-order valence-corrected chi connectivity index (χ3v) is 4.27. The van der Waals surface area contributed by atoms with Gasteiger partial charge in [-0.15, -0.1) is 0 Å². The summed E-state index contributed by atoms with van der Waals surface area (Å²) in [5, 5.41) is 11.2. The molecule has 0 aliphatic carbocycles. The lowest BCUT2D eigenvalue weighted by Crippen LogP contribution is -2.51. The highest BCUT2D eigenvalue weighted by atomic mass is 16.5. The van der Waals surface area contributed by atoms with Crippen LogP contribution >= 0.6 is 0 Å². The Morgan fingerprint density at radius 2 is 2.00 bits per heavy atom. The van der Waals surface area contributed by atoms with Gasteiger partial charge in [0.1, 0.15) is 23.6 Å². The highest BCUT2D eigenvalue weighted by Gasteiger charge is 2.36. The molecule has 1 saturated heterocycles. The van der Waals surface area contributed by atoms with Crippen LogP contribution in [0.25, 0.3) is 10.9 Å². The van der Waals surface area contributed by atoms with Crippen LogP contribution in [-0.4, -0.2) is 45.4 Å². The van der Waals surface area contributed by atoms with E-state index < -0.39 is 0 Å². The van der Waals surface area contributed by atoms with Gasteiger partial charge in [0.15, 0.2) is 0 Å². The molecule has 1 fully saturated rings. The van der Waals surface area contributed by atoms with Crippen LogP contribution in [0.5, 0.6) is 5.88 Å². The molecule has 2 aliphatic rings. The summed E-state index contributed by atoms with van der Waals surface area (Å²) in [6.07, 6.45) is 1.37. The first kappa shape index (κ1) is 15.9. The van der Waals surface area contributed by atoms with Crippen LogP contribution in [-0.2, 0) is 0 Å². The number of hydrogen-bond acceptors (Lipinski definition) is 6. The van der Waals surface area contributed by atoms with E-state index >= 15 is 0 Å². The van der Waals surface area contributed by atoms with Crippen LogP contribution in [0.2, 0.25) is 0 Å². The summed E-state index contributed by atoms with van der Waals surface area (Å²) in [7, 11) is 0. The first-order valence-electron chi connectivity index (χ1n) is 8.37. The van der Waals surface area contributed by atoms with Crippen LogP contribution < -0.4 is 9.64 Å². The molecule has 0 aromatic carbocycles. The number of aryl methyl sites for hydroxylation is 2. The molecule has 6 nitrogen and oxygen atoms in total. The van der Waals surface area contributed by atoms with Crippen molar-refractivity contribution >= 4 is 16.7 Å². The van der Waals surface area contributed by atoms with Crippen molar-refractivity contribution in [2.75, 3.05) is 18.1 Å². The average Bonchev–Trinajstić information content (AvgIpc) is 2.68. The van der Waals surface area contributed by atoms with Gasteiger partial charge < -0.3 is 14.7 Å². The van der Waals surface area contributed by atoms with Crippen molar-refractivity contribution in [1.82, 2.24) is 15.0 Å². The number of rotatable bonds is 0. The van der Waals surface area contributed by atoms with Crippen molar-refractivity contribution in [3.8, 4) is 5.88 Å². The Morgan fingerprint density at radius 3 is 2.78 bits per heavy atom. The lowest BCUT2D eigenvalue weighted by molar-refractivity contribution is 0.0878. The Bertz CT molecular complexity index is 714. The molecule has 0 bridgehead atoms. The summed E-state index contributed by atoms with van der Waals surface area (Å²) >= 11 is 0. The van der Waals surface area contributed by atoms with E-state index in [4.69, 9.17) is 4.74 Å². The number of pyridine rings is 1. The number of anilines is 1. The van der Waals surface area contributed by atoms with Crippen LogP contribution in [0.1, 0.15) is 38.2 Å². The predicted octanol–water partition coefficient (Wildman–Crippen LogP) is 2.39. The molecule has 1 N–H and O–H groups in total. The summed E-state index contributed by atoms with van der Waals surface area (Å²) in [6, 6.07) is 1.90. The molecular weight excluding hydrogens is 292 g/mol. The van der Waals surface area contributed by atoms with E-state index in [1.807, 2.05) is 33.8 Å². The maximum atomic E-state index is 10.3. The van der Waals surface area contributed by atoms with Gasteiger partial charge in [-0.25, -0.2) is 15.0 Å². The number of aliphatic hydroxyl groups excluding tert-OH is 1. The second-order valence-electron chi connectivity index (χ2n) is 5.84. The summed E-state index contributed by atoms with van der Waals surface area (Å²) in [4.78, 5) is 15.8. The normalized spacial score (nSPS) is 22.6. The number of nitrogens with zero attached hydrogens (tertiary/aromatic N) is 4. The topological polar surface area (TPSA) is 71.4 Å². The molecule has 2 atom stereocenters. The Labute approximate surface area is 136 Å². The number of fused-ring (bicyclic) bond motifs is 2. The Morgan fingerprint density at radius 1 is 1.22 bits per heavy atom. The second kappa shape index (κ2) is 6.28.